The lowest BCUT2D eigenvalue weighted by Crippen LogP contribution is -2.29. The molecule has 23 heavy (non-hydrogen) atoms. The Morgan fingerprint density at radius 3 is 2.83 bits per heavy atom. The average molecular weight is 305 g/mol. The van der Waals surface area contributed by atoms with Crippen molar-refractivity contribution in [2.45, 2.75) is 13.0 Å². The van der Waals surface area contributed by atoms with E-state index in [1.165, 1.54) is 0 Å². The van der Waals surface area contributed by atoms with Gasteiger partial charge in [0.1, 0.15) is 12.2 Å². The molecule has 1 N–H and O–H groups in total. The molecule has 0 unspecified atom stereocenters. The molecule has 9 heteroatoms. The summed E-state index contributed by atoms with van der Waals surface area (Å²) in [5.74, 6) is 0.671. The zero-order valence-corrected chi connectivity index (χ0v) is 12.0. The highest BCUT2D eigenvalue weighted by Gasteiger charge is 2.15. The lowest BCUT2D eigenvalue weighted by Gasteiger charge is -2.04. The van der Waals surface area contributed by atoms with Gasteiger partial charge >= 0.3 is 0 Å². The number of fused-ring (bicyclic) bond motifs is 4. The van der Waals surface area contributed by atoms with Crippen molar-refractivity contribution in [2.24, 2.45) is 9.98 Å². The smallest absolute Gasteiger partial charge is 0.196 e. The van der Waals surface area contributed by atoms with Gasteiger partial charge in [-0.05, 0) is 6.07 Å². The van der Waals surface area contributed by atoms with Crippen LogP contribution < -0.4 is 11.0 Å². The fourth-order valence-corrected chi connectivity index (χ4v) is 2.91. The van der Waals surface area contributed by atoms with Crippen LogP contribution in [0, 0.1) is 0 Å². The minimum absolute atomic E-state index is 0.405. The van der Waals surface area contributed by atoms with Gasteiger partial charge in [0.15, 0.2) is 22.4 Å². The summed E-state index contributed by atoms with van der Waals surface area (Å²) in [7, 11) is 0. The summed E-state index contributed by atoms with van der Waals surface area (Å²) in [6, 6.07) is 8.13. The maximum atomic E-state index is 4.67. The molecule has 0 aliphatic carbocycles. The van der Waals surface area contributed by atoms with E-state index >= 15 is 0 Å². The number of nitrogens with one attached hydrogen (secondary N) is 1. The Balaban J connectivity index is 1.76. The minimum Gasteiger partial charge on any atom is -0.323 e. The number of aromatic amines is 1. The number of tetrazole rings is 1. The molecule has 0 fully saturated rings. The van der Waals surface area contributed by atoms with Crippen LogP contribution in [0.25, 0.3) is 22.1 Å². The van der Waals surface area contributed by atoms with Gasteiger partial charge in [-0.2, -0.15) is 5.21 Å². The molecular formula is C14H11N9. The topological polar surface area (TPSA) is 110 Å². The molecule has 9 nitrogen and oxygen atoms in total. The highest BCUT2D eigenvalue weighted by atomic mass is 15.5. The molecule has 5 rings (SSSR count). The summed E-state index contributed by atoms with van der Waals surface area (Å²) in [5, 5.41) is 15.1. The van der Waals surface area contributed by atoms with E-state index in [0.29, 0.717) is 36.4 Å². The number of hydrogen-bond acceptors (Lipinski definition) is 7. The third-order valence-corrected chi connectivity index (χ3v) is 3.94. The third-order valence-electron chi connectivity index (χ3n) is 3.94. The molecule has 112 valence electrons. The van der Waals surface area contributed by atoms with Crippen molar-refractivity contribution in [1.82, 2.24) is 35.2 Å². The van der Waals surface area contributed by atoms with Crippen molar-refractivity contribution in [3.63, 3.8) is 0 Å². The molecular weight excluding hydrogens is 294 g/mol. The van der Waals surface area contributed by atoms with Crippen LogP contribution in [0.1, 0.15) is 5.82 Å². The van der Waals surface area contributed by atoms with Crippen LogP contribution in [0.3, 0.4) is 0 Å². The van der Waals surface area contributed by atoms with E-state index in [1.807, 2.05) is 12.1 Å². The van der Waals surface area contributed by atoms with E-state index in [-0.39, 0.29) is 0 Å². The van der Waals surface area contributed by atoms with Crippen LogP contribution in [-0.2, 0) is 13.0 Å². The largest absolute Gasteiger partial charge is 0.323 e. The lowest BCUT2D eigenvalue weighted by molar-refractivity contribution is 0.705. The Morgan fingerprint density at radius 2 is 1.96 bits per heavy atom. The number of aromatic nitrogens is 7. The number of hydrogen-bond donors (Lipinski definition) is 1. The SMILES string of the molecule is c1ccc2c(c1)c1nc3c(nc1n2CCc1nn[nH]n1)=NCN=3. The molecule has 0 atom stereocenters. The predicted molar refractivity (Wildman–Crippen MR) is 80.1 cm³/mol. The minimum atomic E-state index is 0.405. The Bertz CT molecular complexity index is 1140. The fraction of sp³-hybridized carbons (Fsp3) is 0.214. The van der Waals surface area contributed by atoms with Crippen LogP contribution in [0.5, 0.6) is 0 Å². The summed E-state index contributed by atoms with van der Waals surface area (Å²) in [6.45, 7) is 1.09. The maximum Gasteiger partial charge on any atom is 0.196 e. The summed E-state index contributed by atoms with van der Waals surface area (Å²) < 4.78 is 2.13. The molecule has 0 saturated carbocycles. The second kappa shape index (κ2) is 4.63. The molecule has 1 aromatic carbocycles. The molecule has 1 aliphatic heterocycles. The van der Waals surface area contributed by atoms with E-state index in [2.05, 4.69) is 57.3 Å². The first-order chi connectivity index (χ1) is 11.4. The molecule has 1 aliphatic rings. The quantitative estimate of drug-likeness (QED) is 0.551. The van der Waals surface area contributed by atoms with Gasteiger partial charge in [0.2, 0.25) is 0 Å². The maximum absolute atomic E-state index is 4.67. The third kappa shape index (κ3) is 1.83. The number of nitrogens with zero attached hydrogens (tertiary/aromatic N) is 8. The van der Waals surface area contributed by atoms with Gasteiger partial charge < -0.3 is 4.57 Å². The summed E-state index contributed by atoms with van der Waals surface area (Å²) in [6.07, 6.45) is 0.657. The van der Waals surface area contributed by atoms with Gasteiger partial charge in [-0.25, -0.2) is 20.0 Å². The number of rotatable bonds is 3. The van der Waals surface area contributed by atoms with Crippen LogP contribution in [0.15, 0.2) is 34.3 Å². The molecule has 4 aromatic rings. The predicted octanol–water partition coefficient (Wildman–Crippen LogP) is -0.449. The second-order valence-electron chi connectivity index (χ2n) is 5.25. The van der Waals surface area contributed by atoms with Gasteiger partial charge in [0.05, 0.1) is 5.52 Å². The Labute approximate surface area is 128 Å². The first kappa shape index (κ1) is 12.3. The first-order valence-electron chi connectivity index (χ1n) is 7.26. The molecule has 3 aromatic heterocycles. The van der Waals surface area contributed by atoms with Gasteiger partial charge in [-0.3, -0.25) is 0 Å². The van der Waals surface area contributed by atoms with E-state index in [9.17, 15) is 0 Å². The van der Waals surface area contributed by atoms with Crippen molar-refractivity contribution in [3.05, 3.63) is 41.1 Å². The van der Waals surface area contributed by atoms with Crippen LogP contribution in [-0.4, -0.2) is 41.8 Å². The van der Waals surface area contributed by atoms with Crippen LogP contribution in [0.4, 0.5) is 0 Å². The standard InChI is InChI=1S/C14H11N9/c1-2-4-9-8(3-1)11-14(18-13-12(17-11)15-7-16-13)23(9)6-5-10-19-21-22-20-10/h1-4H,5-7H2,(H,19,20,21,22). The molecule has 4 heterocycles. The highest BCUT2D eigenvalue weighted by molar-refractivity contribution is 6.04. The summed E-state index contributed by atoms with van der Waals surface area (Å²) in [4.78, 5) is 17.9. The molecule has 0 spiro atoms. The van der Waals surface area contributed by atoms with E-state index in [0.717, 1.165) is 22.1 Å². The van der Waals surface area contributed by atoms with Crippen molar-refractivity contribution in [1.29, 1.82) is 0 Å². The number of benzene rings is 1. The number of aryl methyl sites for hydroxylation is 2. The summed E-state index contributed by atoms with van der Waals surface area (Å²) >= 11 is 0. The highest BCUT2D eigenvalue weighted by Crippen LogP contribution is 2.24. The van der Waals surface area contributed by atoms with Crippen molar-refractivity contribution >= 4 is 22.1 Å². The van der Waals surface area contributed by atoms with Gasteiger partial charge in [0.25, 0.3) is 0 Å². The van der Waals surface area contributed by atoms with E-state index in [1.54, 1.807) is 0 Å². The molecule has 0 amide bonds. The number of H-pyrrole nitrogens is 1. The molecule has 0 saturated heterocycles. The Morgan fingerprint density at radius 1 is 1.09 bits per heavy atom. The van der Waals surface area contributed by atoms with Crippen molar-refractivity contribution in [2.75, 3.05) is 6.67 Å². The van der Waals surface area contributed by atoms with Crippen molar-refractivity contribution in [3.8, 4) is 0 Å². The monoisotopic (exact) mass is 305 g/mol. The average Bonchev–Trinajstić information content (AvgIpc) is 3.30. The van der Waals surface area contributed by atoms with E-state index < -0.39 is 0 Å². The first-order valence-corrected chi connectivity index (χ1v) is 7.26. The van der Waals surface area contributed by atoms with Crippen LogP contribution in [0.2, 0.25) is 0 Å². The van der Waals surface area contributed by atoms with Gasteiger partial charge in [-0.1, -0.05) is 23.4 Å². The zero-order chi connectivity index (χ0) is 15.2. The van der Waals surface area contributed by atoms with Gasteiger partial charge in [-0.15, -0.1) is 10.2 Å². The molecule has 0 radical (unpaired) electrons. The van der Waals surface area contributed by atoms with Crippen LogP contribution >= 0.6 is 0 Å². The van der Waals surface area contributed by atoms with E-state index in [4.69, 9.17) is 0 Å². The summed E-state index contributed by atoms with van der Waals surface area (Å²) in [5.41, 5.74) is 3.98. The fourth-order valence-electron chi connectivity index (χ4n) is 2.91. The zero-order valence-electron chi connectivity index (χ0n) is 12.0. The van der Waals surface area contributed by atoms with Gasteiger partial charge in [0, 0.05) is 18.4 Å². The Kier molecular flexibility index (Phi) is 2.48. The molecule has 0 bridgehead atoms. The normalized spacial score (nSPS) is 13.2. The number of para-hydroxylation sites is 1. The Hall–Kier alpha value is -3.23. The second-order valence-corrected chi connectivity index (χ2v) is 5.25. The van der Waals surface area contributed by atoms with Crippen molar-refractivity contribution < 1.29 is 0 Å². The lowest BCUT2D eigenvalue weighted by atomic mass is 10.2.